The molecule has 23 heavy (non-hydrogen) atoms. The molecule has 1 amide bonds. The molecule has 0 spiro atoms. The number of nitrogens with one attached hydrogen (secondary N) is 1. The van der Waals surface area contributed by atoms with Crippen LogP contribution in [0.1, 0.15) is 50.5 Å². The first-order valence-electron chi connectivity index (χ1n) is 9.07. The Balaban J connectivity index is 1.51. The lowest BCUT2D eigenvalue weighted by Gasteiger charge is -2.31. The van der Waals surface area contributed by atoms with Crippen molar-refractivity contribution in [3.8, 4) is 0 Å². The number of rotatable bonds is 5. The minimum Gasteiger partial charge on any atom is -0.324 e. The van der Waals surface area contributed by atoms with Crippen LogP contribution in [0.2, 0.25) is 0 Å². The molecule has 4 heteroatoms. The first-order valence-corrected chi connectivity index (χ1v) is 9.07. The average molecular weight is 315 g/mol. The van der Waals surface area contributed by atoms with Crippen LogP contribution in [0.3, 0.4) is 0 Å². The minimum absolute atomic E-state index is 0.0259. The summed E-state index contributed by atoms with van der Waals surface area (Å²) in [5, 5.41) is 3.00. The van der Waals surface area contributed by atoms with Crippen LogP contribution in [0.5, 0.6) is 0 Å². The van der Waals surface area contributed by atoms with E-state index in [2.05, 4.69) is 22.3 Å². The van der Waals surface area contributed by atoms with Crippen molar-refractivity contribution in [2.75, 3.05) is 25.0 Å². The molecule has 4 nitrogen and oxygen atoms in total. The van der Waals surface area contributed by atoms with Gasteiger partial charge >= 0.3 is 0 Å². The number of nitrogens with zero attached hydrogens (tertiary/aromatic N) is 1. The van der Waals surface area contributed by atoms with Gasteiger partial charge in [-0.1, -0.05) is 31.4 Å². The van der Waals surface area contributed by atoms with Crippen LogP contribution in [0, 0.1) is 0 Å². The SMILES string of the molecule is NC1(C(=O)Nc2ccc(CCN3CCCC3)cc2)CCCCC1. The van der Waals surface area contributed by atoms with E-state index in [9.17, 15) is 4.79 Å². The Morgan fingerprint density at radius 1 is 1.04 bits per heavy atom. The zero-order chi connectivity index (χ0) is 16.1. The van der Waals surface area contributed by atoms with Gasteiger partial charge in [-0.25, -0.2) is 0 Å². The number of carbonyl (C=O) groups excluding carboxylic acids is 1. The molecule has 1 aromatic carbocycles. The lowest BCUT2D eigenvalue weighted by atomic mass is 9.82. The van der Waals surface area contributed by atoms with Crippen molar-refractivity contribution in [1.29, 1.82) is 0 Å². The lowest BCUT2D eigenvalue weighted by molar-refractivity contribution is -0.122. The van der Waals surface area contributed by atoms with Gasteiger partial charge in [-0.3, -0.25) is 4.79 Å². The van der Waals surface area contributed by atoms with Gasteiger partial charge in [-0.05, 0) is 62.9 Å². The van der Waals surface area contributed by atoms with Crippen LogP contribution < -0.4 is 11.1 Å². The number of hydrogen-bond donors (Lipinski definition) is 2. The Morgan fingerprint density at radius 3 is 2.35 bits per heavy atom. The Hall–Kier alpha value is -1.39. The van der Waals surface area contributed by atoms with Crippen LogP contribution in [-0.2, 0) is 11.2 Å². The summed E-state index contributed by atoms with van der Waals surface area (Å²) in [6.07, 6.45) is 8.66. The first kappa shape index (κ1) is 16.5. The topological polar surface area (TPSA) is 58.4 Å². The first-order chi connectivity index (χ1) is 11.2. The van der Waals surface area contributed by atoms with Crippen LogP contribution in [0.25, 0.3) is 0 Å². The second kappa shape index (κ2) is 7.45. The summed E-state index contributed by atoms with van der Waals surface area (Å²) < 4.78 is 0. The molecule has 1 aromatic rings. The molecule has 1 heterocycles. The Kier molecular flexibility index (Phi) is 5.34. The van der Waals surface area contributed by atoms with Gasteiger partial charge in [0.1, 0.15) is 0 Å². The Labute approximate surface area is 139 Å². The summed E-state index contributed by atoms with van der Waals surface area (Å²) in [5.74, 6) is -0.0259. The zero-order valence-electron chi connectivity index (χ0n) is 14.0. The maximum Gasteiger partial charge on any atom is 0.244 e. The van der Waals surface area contributed by atoms with Crippen molar-refractivity contribution >= 4 is 11.6 Å². The normalized spacial score (nSPS) is 21.3. The number of likely N-dealkylation sites (tertiary alicyclic amines) is 1. The monoisotopic (exact) mass is 315 g/mol. The molecule has 2 aliphatic rings. The van der Waals surface area contributed by atoms with E-state index >= 15 is 0 Å². The third-order valence-electron chi connectivity index (χ3n) is 5.33. The molecular formula is C19H29N3O. The van der Waals surface area contributed by atoms with Gasteiger partial charge in [0.05, 0.1) is 5.54 Å². The fraction of sp³-hybridized carbons (Fsp3) is 0.632. The highest BCUT2D eigenvalue weighted by Crippen LogP contribution is 2.27. The molecule has 0 aromatic heterocycles. The third-order valence-corrected chi connectivity index (χ3v) is 5.33. The number of benzene rings is 1. The number of hydrogen-bond acceptors (Lipinski definition) is 3. The van der Waals surface area contributed by atoms with Gasteiger partial charge < -0.3 is 16.0 Å². The minimum atomic E-state index is -0.674. The second-order valence-corrected chi connectivity index (χ2v) is 7.17. The fourth-order valence-corrected chi connectivity index (χ4v) is 3.71. The van der Waals surface area contributed by atoms with E-state index in [1.807, 2.05) is 12.1 Å². The van der Waals surface area contributed by atoms with Gasteiger partial charge in [0.15, 0.2) is 0 Å². The summed E-state index contributed by atoms with van der Waals surface area (Å²) in [6.45, 7) is 3.62. The highest BCUT2D eigenvalue weighted by atomic mass is 16.2. The van der Waals surface area contributed by atoms with E-state index in [0.717, 1.165) is 44.3 Å². The van der Waals surface area contributed by atoms with E-state index in [-0.39, 0.29) is 5.91 Å². The molecule has 0 radical (unpaired) electrons. The predicted octanol–water partition coefficient (Wildman–Crippen LogP) is 2.93. The van der Waals surface area contributed by atoms with Gasteiger partial charge in [0, 0.05) is 12.2 Å². The molecule has 3 rings (SSSR count). The smallest absolute Gasteiger partial charge is 0.244 e. The lowest BCUT2D eigenvalue weighted by Crippen LogP contribution is -2.52. The largest absolute Gasteiger partial charge is 0.324 e. The maximum absolute atomic E-state index is 12.4. The van der Waals surface area contributed by atoms with E-state index < -0.39 is 5.54 Å². The van der Waals surface area contributed by atoms with E-state index in [0.29, 0.717) is 0 Å². The fourth-order valence-electron chi connectivity index (χ4n) is 3.71. The molecule has 2 fully saturated rings. The number of anilines is 1. The molecule has 3 N–H and O–H groups in total. The standard InChI is InChI=1S/C19H29N3O/c20-19(11-2-1-3-12-19)18(23)21-17-8-6-16(7-9-17)10-15-22-13-4-5-14-22/h6-9H,1-5,10-15,20H2,(H,21,23). The van der Waals surface area contributed by atoms with Crippen molar-refractivity contribution < 1.29 is 4.79 Å². The molecule has 0 bridgehead atoms. The number of nitrogens with two attached hydrogens (primary N) is 1. The molecule has 0 atom stereocenters. The molecule has 1 aliphatic heterocycles. The molecule has 0 unspecified atom stereocenters. The second-order valence-electron chi connectivity index (χ2n) is 7.17. The quantitative estimate of drug-likeness (QED) is 0.878. The number of carbonyl (C=O) groups is 1. The highest BCUT2D eigenvalue weighted by molar-refractivity contribution is 5.98. The van der Waals surface area contributed by atoms with Crippen molar-refractivity contribution in [2.45, 2.75) is 56.9 Å². The van der Waals surface area contributed by atoms with Crippen molar-refractivity contribution in [2.24, 2.45) is 5.73 Å². The molecule has 1 saturated carbocycles. The van der Waals surface area contributed by atoms with Crippen molar-refractivity contribution in [3.05, 3.63) is 29.8 Å². The summed E-state index contributed by atoms with van der Waals surface area (Å²) in [5.41, 5.74) is 7.79. The molecular weight excluding hydrogens is 286 g/mol. The zero-order valence-corrected chi connectivity index (χ0v) is 14.0. The average Bonchev–Trinajstić information content (AvgIpc) is 3.08. The highest BCUT2D eigenvalue weighted by Gasteiger charge is 2.35. The summed E-state index contributed by atoms with van der Waals surface area (Å²) in [4.78, 5) is 15.0. The van der Waals surface area contributed by atoms with Crippen LogP contribution in [0.15, 0.2) is 24.3 Å². The van der Waals surface area contributed by atoms with E-state index in [1.165, 1.54) is 37.9 Å². The molecule has 126 valence electrons. The third kappa shape index (κ3) is 4.33. The predicted molar refractivity (Wildman–Crippen MR) is 94.5 cm³/mol. The number of amides is 1. The van der Waals surface area contributed by atoms with E-state index in [4.69, 9.17) is 5.73 Å². The Morgan fingerprint density at radius 2 is 1.70 bits per heavy atom. The van der Waals surface area contributed by atoms with Gasteiger partial charge in [-0.15, -0.1) is 0 Å². The van der Waals surface area contributed by atoms with Crippen molar-refractivity contribution in [3.63, 3.8) is 0 Å². The summed E-state index contributed by atoms with van der Waals surface area (Å²) in [7, 11) is 0. The Bertz CT molecular complexity index is 514. The van der Waals surface area contributed by atoms with Gasteiger partial charge in [0.2, 0.25) is 5.91 Å². The van der Waals surface area contributed by atoms with Gasteiger partial charge in [0.25, 0.3) is 0 Å². The van der Waals surface area contributed by atoms with Gasteiger partial charge in [-0.2, -0.15) is 0 Å². The molecule has 1 aliphatic carbocycles. The summed E-state index contributed by atoms with van der Waals surface area (Å²) in [6, 6.07) is 8.25. The summed E-state index contributed by atoms with van der Waals surface area (Å²) >= 11 is 0. The van der Waals surface area contributed by atoms with Crippen molar-refractivity contribution in [1.82, 2.24) is 4.90 Å². The van der Waals surface area contributed by atoms with Crippen LogP contribution in [-0.4, -0.2) is 36.0 Å². The maximum atomic E-state index is 12.4. The van der Waals surface area contributed by atoms with E-state index in [1.54, 1.807) is 0 Å². The van der Waals surface area contributed by atoms with Crippen LogP contribution in [0.4, 0.5) is 5.69 Å². The van der Waals surface area contributed by atoms with Crippen LogP contribution >= 0.6 is 0 Å². The molecule has 1 saturated heterocycles.